The van der Waals surface area contributed by atoms with Gasteiger partial charge in [0.15, 0.2) is 0 Å². The highest BCUT2D eigenvalue weighted by Gasteiger charge is 2.49. The van der Waals surface area contributed by atoms with E-state index in [9.17, 15) is 0 Å². The first-order valence-electron chi connectivity index (χ1n) is 6.18. The lowest BCUT2D eigenvalue weighted by atomic mass is 9.76. The van der Waals surface area contributed by atoms with Crippen molar-refractivity contribution in [2.75, 3.05) is 0 Å². The molecule has 2 aliphatic rings. The van der Waals surface area contributed by atoms with Crippen molar-refractivity contribution >= 4 is 0 Å². The summed E-state index contributed by atoms with van der Waals surface area (Å²) in [6.07, 6.45) is 9.10. The first-order valence-corrected chi connectivity index (χ1v) is 6.18. The molecular weight excluding hydrogens is 156 g/mol. The molecule has 2 aliphatic carbocycles. The van der Waals surface area contributed by atoms with Crippen molar-refractivity contribution in [2.24, 2.45) is 23.2 Å². The van der Waals surface area contributed by atoms with Gasteiger partial charge >= 0.3 is 0 Å². The van der Waals surface area contributed by atoms with Gasteiger partial charge in [0.05, 0.1) is 0 Å². The van der Waals surface area contributed by atoms with E-state index in [1.807, 2.05) is 0 Å². The van der Waals surface area contributed by atoms with Crippen LogP contribution in [0.15, 0.2) is 0 Å². The summed E-state index contributed by atoms with van der Waals surface area (Å²) in [5.74, 6) is 3.09. The van der Waals surface area contributed by atoms with Crippen molar-refractivity contribution in [1.29, 1.82) is 0 Å². The van der Waals surface area contributed by atoms with Gasteiger partial charge in [-0.1, -0.05) is 40.0 Å². The van der Waals surface area contributed by atoms with E-state index < -0.39 is 0 Å². The molecule has 0 amide bonds. The zero-order valence-electron chi connectivity index (χ0n) is 9.47. The topological polar surface area (TPSA) is 0 Å². The molecule has 0 N–H and O–H groups in total. The van der Waals surface area contributed by atoms with Crippen molar-refractivity contribution in [2.45, 2.75) is 59.3 Å². The summed E-state index contributed by atoms with van der Waals surface area (Å²) >= 11 is 0. The zero-order chi connectivity index (χ0) is 9.47. The summed E-state index contributed by atoms with van der Waals surface area (Å²) in [6, 6.07) is 0. The second-order valence-corrected chi connectivity index (χ2v) is 5.75. The monoisotopic (exact) mass is 180 g/mol. The van der Waals surface area contributed by atoms with Crippen LogP contribution in [0.1, 0.15) is 59.3 Å². The third-order valence-electron chi connectivity index (χ3n) is 4.47. The standard InChI is InChI=1S/C13H24/c1-4-13(7-8-13)12(10(2)3)9-11-5-6-11/h10-12H,4-9H2,1-3H3. The van der Waals surface area contributed by atoms with Crippen LogP contribution in [0.2, 0.25) is 0 Å². The van der Waals surface area contributed by atoms with Gasteiger partial charge in [-0.3, -0.25) is 0 Å². The van der Waals surface area contributed by atoms with Crippen LogP contribution in [0.3, 0.4) is 0 Å². The maximum atomic E-state index is 2.43. The van der Waals surface area contributed by atoms with Crippen molar-refractivity contribution < 1.29 is 0 Å². The Labute approximate surface area is 83.1 Å². The molecule has 0 aromatic carbocycles. The fraction of sp³-hybridized carbons (Fsp3) is 1.00. The Hall–Kier alpha value is 0. The smallest absolute Gasteiger partial charge is 0.0269 e. The number of hydrogen-bond donors (Lipinski definition) is 0. The largest absolute Gasteiger partial charge is 0.0648 e. The fourth-order valence-corrected chi connectivity index (χ4v) is 3.09. The molecule has 0 aromatic rings. The fourth-order valence-electron chi connectivity index (χ4n) is 3.09. The molecule has 0 bridgehead atoms. The van der Waals surface area contributed by atoms with Gasteiger partial charge in [0.25, 0.3) is 0 Å². The summed E-state index contributed by atoms with van der Waals surface area (Å²) < 4.78 is 0. The van der Waals surface area contributed by atoms with Crippen LogP contribution in [0.4, 0.5) is 0 Å². The van der Waals surface area contributed by atoms with Crippen molar-refractivity contribution in [3.05, 3.63) is 0 Å². The van der Waals surface area contributed by atoms with E-state index in [1.54, 1.807) is 6.42 Å². The van der Waals surface area contributed by atoms with Crippen LogP contribution in [-0.2, 0) is 0 Å². The quantitative estimate of drug-likeness (QED) is 0.593. The van der Waals surface area contributed by atoms with Crippen LogP contribution >= 0.6 is 0 Å². The van der Waals surface area contributed by atoms with Crippen molar-refractivity contribution in [1.82, 2.24) is 0 Å². The Morgan fingerprint density at radius 1 is 1.23 bits per heavy atom. The zero-order valence-corrected chi connectivity index (χ0v) is 9.47. The van der Waals surface area contributed by atoms with E-state index in [2.05, 4.69) is 20.8 Å². The molecule has 0 radical (unpaired) electrons. The van der Waals surface area contributed by atoms with E-state index in [0.717, 1.165) is 23.2 Å². The van der Waals surface area contributed by atoms with Gasteiger partial charge in [-0.25, -0.2) is 0 Å². The van der Waals surface area contributed by atoms with E-state index in [4.69, 9.17) is 0 Å². The van der Waals surface area contributed by atoms with E-state index in [1.165, 1.54) is 32.1 Å². The Bertz CT molecular complexity index is 172. The average molecular weight is 180 g/mol. The summed E-state index contributed by atoms with van der Waals surface area (Å²) in [5.41, 5.74) is 0.802. The highest BCUT2D eigenvalue weighted by molar-refractivity contribution is 4.99. The van der Waals surface area contributed by atoms with Gasteiger partial charge in [-0.15, -0.1) is 0 Å². The summed E-state index contributed by atoms with van der Waals surface area (Å²) in [7, 11) is 0. The molecule has 0 spiro atoms. The van der Waals surface area contributed by atoms with Gasteiger partial charge in [-0.05, 0) is 42.4 Å². The lowest BCUT2D eigenvalue weighted by Crippen LogP contribution is -2.21. The molecule has 2 fully saturated rings. The molecule has 0 aliphatic heterocycles. The third-order valence-corrected chi connectivity index (χ3v) is 4.47. The molecule has 1 atom stereocenters. The molecule has 0 nitrogen and oxygen atoms in total. The van der Waals surface area contributed by atoms with Crippen molar-refractivity contribution in [3.8, 4) is 0 Å². The molecule has 0 heteroatoms. The Morgan fingerprint density at radius 3 is 2.15 bits per heavy atom. The predicted molar refractivity (Wildman–Crippen MR) is 57.6 cm³/mol. The lowest BCUT2D eigenvalue weighted by molar-refractivity contribution is 0.199. The molecule has 0 saturated heterocycles. The molecule has 0 aromatic heterocycles. The van der Waals surface area contributed by atoms with Crippen LogP contribution in [-0.4, -0.2) is 0 Å². The van der Waals surface area contributed by atoms with Gasteiger partial charge in [0.1, 0.15) is 0 Å². The number of hydrogen-bond acceptors (Lipinski definition) is 0. The minimum absolute atomic E-state index is 0.802. The van der Waals surface area contributed by atoms with Crippen LogP contribution in [0.5, 0.6) is 0 Å². The molecule has 13 heavy (non-hydrogen) atoms. The molecule has 2 rings (SSSR count). The van der Waals surface area contributed by atoms with Gasteiger partial charge < -0.3 is 0 Å². The van der Waals surface area contributed by atoms with Gasteiger partial charge in [-0.2, -0.15) is 0 Å². The van der Waals surface area contributed by atoms with Crippen LogP contribution in [0.25, 0.3) is 0 Å². The van der Waals surface area contributed by atoms with E-state index >= 15 is 0 Å². The minimum atomic E-state index is 0.802. The maximum Gasteiger partial charge on any atom is -0.0269 e. The molecule has 2 saturated carbocycles. The Morgan fingerprint density at radius 2 is 1.85 bits per heavy atom. The summed E-state index contributed by atoms with van der Waals surface area (Å²) in [5, 5.41) is 0. The molecule has 76 valence electrons. The van der Waals surface area contributed by atoms with Crippen LogP contribution in [0, 0.1) is 23.2 Å². The van der Waals surface area contributed by atoms with E-state index in [-0.39, 0.29) is 0 Å². The SMILES string of the molecule is CCC1(C(CC2CC2)C(C)C)CC1. The van der Waals surface area contributed by atoms with Gasteiger partial charge in [0, 0.05) is 0 Å². The Kier molecular flexibility index (Phi) is 2.42. The third kappa shape index (κ3) is 1.92. The first-order chi connectivity index (χ1) is 6.18. The average Bonchev–Trinajstić information content (AvgIpc) is 2.97. The molecule has 0 heterocycles. The summed E-state index contributed by atoms with van der Waals surface area (Å²) in [6.45, 7) is 7.26. The first kappa shape index (κ1) is 9.55. The van der Waals surface area contributed by atoms with Crippen LogP contribution < -0.4 is 0 Å². The van der Waals surface area contributed by atoms with Crippen molar-refractivity contribution in [3.63, 3.8) is 0 Å². The predicted octanol–water partition coefficient (Wildman–Crippen LogP) is 4.25. The highest BCUT2D eigenvalue weighted by atomic mass is 14.5. The van der Waals surface area contributed by atoms with Gasteiger partial charge in [0.2, 0.25) is 0 Å². The normalized spacial score (nSPS) is 27.7. The Balaban J connectivity index is 1.95. The lowest BCUT2D eigenvalue weighted by Gasteiger charge is -2.29. The minimum Gasteiger partial charge on any atom is -0.0648 e. The van der Waals surface area contributed by atoms with E-state index in [0.29, 0.717) is 0 Å². The molecule has 1 unspecified atom stereocenters. The second kappa shape index (κ2) is 3.29. The highest BCUT2D eigenvalue weighted by Crippen LogP contribution is 2.59. The maximum absolute atomic E-state index is 2.43. The second-order valence-electron chi connectivity index (χ2n) is 5.75. The number of rotatable bonds is 5. The summed E-state index contributed by atoms with van der Waals surface area (Å²) in [4.78, 5) is 0. The molecular formula is C13H24.